The van der Waals surface area contributed by atoms with E-state index < -0.39 is 0 Å². The molecule has 2 aliphatic rings. The van der Waals surface area contributed by atoms with Gasteiger partial charge in [0.2, 0.25) is 0 Å². The Hall–Kier alpha value is -2.90. The molecule has 3 aromatic heterocycles. The van der Waals surface area contributed by atoms with E-state index in [1.165, 1.54) is 0 Å². The number of aromatic nitrogens is 5. The first-order chi connectivity index (χ1) is 13.1. The lowest BCUT2D eigenvalue weighted by molar-refractivity contribution is 0.0721. The van der Waals surface area contributed by atoms with Gasteiger partial charge in [-0.2, -0.15) is 5.10 Å². The van der Waals surface area contributed by atoms with Crippen molar-refractivity contribution in [2.75, 3.05) is 6.54 Å². The van der Waals surface area contributed by atoms with E-state index in [1.807, 2.05) is 11.0 Å². The molecule has 140 valence electrons. The van der Waals surface area contributed by atoms with Crippen LogP contribution in [0.1, 0.15) is 59.2 Å². The third kappa shape index (κ3) is 2.50. The van der Waals surface area contributed by atoms with Gasteiger partial charge in [-0.05, 0) is 44.6 Å². The van der Waals surface area contributed by atoms with Gasteiger partial charge in [0, 0.05) is 31.4 Å². The van der Waals surface area contributed by atoms with Crippen molar-refractivity contribution in [2.24, 2.45) is 7.05 Å². The van der Waals surface area contributed by atoms with Crippen LogP contribution in [0.4, 0.5) is 0 Å². The van der Waals surface area contributed by atoms with E-state index in [1.54, 1.807) is 28.5 Å². The van der Waals surface area contributed by atoms with Gasteiger partial charge in [0.05, 0.1) is 17.4 Å². The SMILES string of the molecule is Cn1nccc1C(=O)N1CCC[C@@H]1c1cc2nc3c(c(=O)n2[nH]1)CCCC3. The smallest absolute Gasteiger partial charge is 0.276 e. The Bertz CT molecular complexity index is 1090. The van der Waals surface area contributed by atoms with E-state index in [0.29, 0.717) is 17.9 Å². The molecule has 27 heavy (non-hydrogen) atoms. The highest BCUT2D eigenvalue weighted by atomic mass is 16.2. The number of fused-ring (bicyclic) bond motifs is 2. The summed E-state index contributed by atoms with van der Waals surface area (Å²) in [5.74, 6) is -0.0317. The van der Waals surface area contributed by atoms with Crippen molar-refractivity contribution in [1.82, 2.24) is 29.3 Å². The minimum Gasteiger partial charge on any atom is -0.329 e. The number of hydrogen-bond acceptors (Lipinski definition) is 4. The van der Waals surface area contributed by atoms with Crippen LogP contribution in [0.25, 0.3) is 5.65 Å². The molecule has 0 radical (unpaired) electrons. The van der Waals surface area contributed by atoms with Crippen LogP contribution in [0.5, 0.6) is 0 Å². The quantitative estimate of drug-likeness (QED) is 0.746. The van der Waals surface area contributed by atoms with E-state index in [9.17, 15) is 9.59 Å². The van der Waals surface area contributed by atoms with Gasteiger partial charge in [-0.25, -0.2) is 9.50 Å². The highest BCUT2D eigenvalue weighted by Gasteiger charge is 2.33. The molecule has 0 bridgehead atoms. The first-order valence-electron chi connectivity index (χ1n) is 9.56. The second kappa shape index (κ2) is 6.07. The standard InChI is InChI=1S/C19H22N6O2/c1-23-16(8-9-20-23)19(27)24-10-4-7-15(24)14-11-17-21-13-6-3-2-5-12(13)18(26)25(17)22-14/h8-9,11,15,22H,2-7,10H2,1H3/t15-/m1/s1. The van der Waals surface area contributed by atoms with Gasteiger partial charge in [-0.15, -0.1) is 0 Å². The average Bonchev–Trinajstić information content (AvgIpc) is 3.40. The number of amides is 1. The molecule has 1 N–H and O–H groups in total. The molecule has 1 aliphatic carbocycles. The molecule has 1 aliphatic heterocycles. The number of carbonyl (C=O) groups is 1. The molecule has 1 amide bonds. The van der Waals surface area contributed by atoms with Crippen LogP contribution in [0.15, 0.2) is 23.1 Å². The number of nitrogens with zero attached hydrogens (tertiary/aromatic N) is 5. The summed E-state index contributed by atoms with van der Waals surface area (Å²) in [7, 11) is 1.77. The molecule has 1 atom stereocenters. The van der Waals surface area contributed by atoms with Gasteiger partial charge in [0.1, 0.15) is 5.69 Å². The summed E-state index contributed by atoms with van der Waals surface area (Å²) in [6.07, 6.45) is 7.23. The highest BCUT2D eigenvalue weighted by molar-refractivity contribution is 5.93. The number of carbonyl (C=O) groups excluding carboxylic acids is 1. The molecule has 8 heteroatoms. The van der Waals surface area contributed by atoms with Gasteiger partial charge in [-0.3, -0.25) is 19.4 Å². The van der Waals surface area contributed by atoms with E-state index in [2.05, 4.69) is 10.2 Å². The van der Waals surface area contributed by atoms with Crippen molar-refractivity contribution >= 4 is 11.6 Å². The Morgan fingerprint density at radius 3 is 2.93 bits per heavy atom. The van der Waals surface area contributed by atoms with Gasteiger partial charge < -0.3 is 4.90 Å². The number of H-pyrrole nitrogens is 1. The van der Waals surface area contributed by atoms with Crippen LogP contribution in [0, 0.1) is 0 Å². The van der Waals surface area contributed by atoms with Crippen molar-refractivity contribution in [2.45, 2.75) is 44.6 Å². The van der Waals surface area contributed by atoms with Gasteiger partial charge >= 0.3 is 0 Å². The highest BCUT2D eigenvalue weighted by Crippen LogP contribution is 2.32. The Labute approximate surface area is 155 Å². The number of aromatic amines is 1. The van der Waals surface area contributed by atoms with E-state index >= 15 is 0 Å². The zero-order valence-corrected chi connectivity index (χ0v) is 15.3. The maximum atomic E-state index is 13.0. The van der Waals surface area contributed by atoms with Gasteiger partial charge in [0.15, 0.2) is 5.65 Å². The summed E-state index contributed by atoms with van der Waals surface area (Å²) in [5, 5.41) is 7.33. The lowest BCUT2D eigenvalue weighted by Gasteiger charge is -2.23. The molecule has 5 rings (SSSR count). The van der Waals surface area contributed by atoms with Crippen LogP contribution >= 0.6 is 0 Å². The maximum absolute atomic E-state index is 13.0. The molecule has 8 nitrogen and oxygen atoms in total. The lowest BCUT2D eigenvalue weighted by atomic mass is 9.97. The predicted octanol–water partition coefficient (Wildman–Crippen LogP) is 1.61. The Kier molecular flexibility index (Phi) is 3.66. The van der Waals surface area contributed by atoms with E-state index in [0.717, 1.165) is 55.5 Å². The first kappa shape index (κ1) is 16.3. The third-order valence-electron chi connectivity index (χ3n) is 5.82. The number of likely N-dealkylation sites (tertiary alicyclic amines) is 1. The normalized spacial score (nSPS) is 19.6. The Morgan fingerprint density at radius 2 is 2.11 bits per heavy atom. The molecule has 0 spiro atoms. The summed E-state index contributed by atoms with van der Waals surface area (Å²) in [6.45, 7) is 0.697. The van der Waals surface area contributed by atoms with Crippen LogP contribution < -0.4 is 5.56 Å². The molecule has 4 heterocycles. The summed E-state index contributed by atoms with van der Waals surface area (Å²) < 4.78 is 3.15. The van der Waals surface area contributed by atoms with Crippen molar-refractivity contribution in [3.05, 3.63) is 51.3 Å². The topological polar surface area (TPSA) is 88.3 Å². The Morgan fingerprint density at radius 1 is 1.26 bits per heavy atom. The predicted molar refractivity (Wildman–Crippen MR) is 98.7 cm³/mol. The van der Waals surface area contributed by atoms with Gasteiger partial charge in [-0.1, -0.05) is 0 Å². The second-order valence-electron chi connectivity index (χ2n) is 7.45. The number of hydrogen-bond donors (Lipinski definition) is 1. The lowest BCUT2D eigenvalue weighted by Crippen LogP contribution is -2.32. The fourth-order valence-electron chi connectivity index (χ4n) is 4.41. The molecule has 0 unspecified atom stereocenters. The van der Waals surface area contributed by atoms with E-state index in [-0.39, 0.29) is 17.5 Å². The molecule has 0 saturated carbocycles. The zero-order valence-electron chi connectivity index (χ0n) is 15.3. The largest absolute Gasteiger partial charge is 0.329 e. The van der Waals surface area contributed by atoms with Crippen molar-refractivity contribution < 1.29 is 4.79 Å². The fraction of sp³-hybridized carbons (Fsp3) is 0.474. The van der Waals surface area contributed by atoms with Crippen LogP contribution in [-0.4, -0.2) is 41.7 Å². The zero-order chi connectivity index (χ0) is 18.5. The third-order valence-corrected chi connectivity index (χ3v) is 5.82. The van der Waals surface area contributed by atoms with Crippen LogP contribution in [-0.2, 0) is 19.9 Å². The number of aryl methyl sites for hydroxylation is 2. The molecule has 3 aromatic rings. The van der Waals surface area contributed by atoms with E-state index in [4.69, 9.17) is 4.98 Å². The maximum Gasteiger partial charge on any atom is 0.276 e. The summed E-state index contributed by atoms with van der Waals surface area (Å²) in [4.78, 5) is 32.4. The molecular weight excluding hydrogens is 344 g/mol. The summed E-state index contributed by atoms with van der Waals surface area (Å²) in [6, 6.07) is 3.59. The first-order valence-corrected chi connectivity index (χ1v) is 9.56. The molecule has 0 aromatic carbocycles. The van der Waals surface area contributed by atoms with Gasteiger partial charge in [0.25, 0.3) is 11.5 Å². The molecule has 1 fully saturated rings. The Balaban J connectivity index is 1.54. The molecule has 1 saturated heterocycles. The average molecular weight is 366 g/mol. The summed E-state index contributed by atoms with van der Waals surface area (Å²) >= 11 is 0. The minimum absolute atomic E-state index is 0.00320. The second-order valence-corrected chi connectivity index (χ2v) is 7.45. The number of nitrogens with one attached hydrogen (secondary N) is 1. The number of rotatable bonds is 2. The summed E-state index contributed by atoms with van der Waals surface area (Å²) in [5.41, 5.74) is 3.87. The molecular formula is C19H22N6O2. The van der Waals surface area contributed by atoms with Crippen molar-refractivity contribution in [1.29, 1.82) is 0 Å². The van der Waals surface area contributed by atoms with Crippen molar-refractivity contribution in [3.63, 3.8) is 0 Å². The monoisotopic (exact) mass is 366 g/mol. The fourth-order valence-corrected chi connectivity index (χ4v) is 4.41. The van der Waals surface area contributed by atoms with Crippen LogP contribution in [0.2, 0.25) is 0 Å². The van der Waals surface area contributed by atoms with Crippen molar-refractivity contribution in [3.8, 4) is 0 Å². The van der Waals surface area contributed by atoms with Crippen LogP contribution in [0.3, 0.4) is 0 Å². The minimum atomic E-state index is -0.0782.